The van der Waals surface area contributed by atoms with E-state index in [0.717, 1.165) is 32.2 Å². The molecule has 1 saturated carbocycles. The topological polar surface area (TPSA) is 63.2 Å². The molecule has 150 valence electrons. The number of nitrogens with zero attached hydrogens (tertiary/aromatic N) is 1. The summed E-state index contributed by atoms with van der Waals surface area (Å²) < 4.78 is 5.35. The fourth-order valence-electron chi connectivity index (χ4n) is 3.54. The highest BCUT2D eigenvalue weighted by atomic mass is 16.6. The summed E-state index contributed by atoms with van der Waals surface area (Å²) >= 11 is 0. The summed E-state index contributed by atoms with van der Waals surface area (Å²) in [6.45, 7) is 6.52. The molecule has 5 heteroatoms. The molecule has 1 aliphatic rings. The second-order valence-electron chi connectivity index (χ2n) is 8.51. The third-order valence-corrected chi connectivity index (χ3v) is 5.01. The predicted molar refractivity (Wildman–Crippen MR) is 112 cm³/mol. The molecule has 1 aromatic heterocycles. The molecule has 0 atom stereocenters. The Morgan fingerprint density at radius 3 is 2.14 bits per heavy atom. The molecule has 0 radical (unpaired) electrons. The van der Waals surface area contributed by atoms with Crippen LogP contribution >= 0.6 is 0 Å². The number of ether oxygens (including phenoxy) is 1. The number of rotatable bonds is 5. The van der Waals surface area contributed by atoms with Gasteiger partial charge >= 0.3 is 6.09 Å². The number of nitrogens with one attached hydrogen (secondary N) is 2. The van der Waals surface area contributed by atoms with Crippen molar-refractivity contribution in [2.75, 3.05) is 0 Å². The van der Waals surface area contributed by atoms with Crippen molar-refractivity contribution in [3.63, 3.8) is 0 Å². The molecule has 2 aromatic rings. The van der Waals surface area contributed by atoms with Gasteiger partial charge in [-0.15, -0.1) is 0 Å². The molecule has 0 bridgehead atoms. The van der Waals surface area contributed by atoms with Crippen molar-refractivity contribution in [3.8, 4) is 11.1 Å². The van der Waals surface area contributed by atoms with Gasteiger partial charge in [0, 0.05) is 31.0 Å². The zero-order chi connectivity index (χ0) is 20.0. The van der Waals surface area contributed by atoms with Crippen molar-refractivity contribution in [2.24, 2.45) is 0 Å². The maximum absolute atomic E-state index is 11.9. The molecule has 1 aliphatic carbocycles. The highest BCUT2D eigenvalue weighted by Crippen LogP contribution is 2.21. The number of hydrogen-bond acceptors (Lipinski definition) is 4. The van der Waals surface area contributed by atoms with Crippen LogP contribution in [-0.2, 0) is 11.3 Å². The van der Waals surface area contributed by atoms with Crippen LogP contribution in [0.5, 0.6) is 0 Å². The summed E-state index contributed by atoms with van der Waals surface area (Å²) in [7, 11) is 0. The van der Waals surface area contributed by atoms with Crippen molar-refractivity contribution in [2.45, 2.75) is 70.7 Å². The number of carbonyl (C=O) groups is 1. The smallest absolute Gasteiger partial charge is 0.407 e. The average Bonchev–Trinajstić information content (AvgIpc) is 2.67. The standard InChI is InChI=1S/C23H31N3O2/c1-23(2,3)28-22(27)26-21-10-8-20(9-11-21)25-16-17-4-6-18(7-5-17)19-12-14-24-15-13-19/h4-7,12-15,20-21,25H,8-11,16H2,1-3H3,(H,26,27)/t20-,21-. The predicted octanol–water partition coefficient (Wildman–Crippen LogP) is 4.67. The summed E-state index contributed by atoms with van der Waals surface area (Å²) in [5, 5.41) is 6.65. The Morgan fingerprint density at radius 1 is 0.964 bits per heavy atom. The van der Waals surface area contributed by atoms with Crippen LogP contribution in [0.3, 0.4) is 0 Å². The minimum absolute atomic E-state index is 0.215. The van der Waals surface area contributed by atoms with Gasteiger partial charge in [-0.25, -0.2) is 4.79 Å². The van der Waals surface area contributed by atoms with Crippen molar-refractivity contribution < 1.29 is 9.53 Å². The lowest BCUT2D eigenvalue weighted by molar-refractivity contribution is 0.0489. The van der Waals surface area contributed by atoms with Gasteiger partial charge in [-0.2, -0.15) is 0 Å². The fourth-order valence-corrected chi connectivity index (χ4v) is 3.54. The van der Waals surface area contributed by atoms with Crippen LogP contribution in [0, 0.1) is 0 Å². The lowest BCUT2D eigenvalue weighted by Crippen LogP contribution is -2.43. The second kappa shape index (κ2) is 9.20. The van der Waals surface area contributed by atoms with Gasteiger partial charge in [-0.05, 0) is 75.3 Å². The van der Waals surface area contributed by atoms with Gasteiger partial charge in [0.1, 0.15) is 5.60 Å². The normalized spacial score (nSPS) is 19.8. The first kappa shape index (κ1) is 20.3. The molecule has 1 heterocycles. The van der Waals surface area contributed by atoms with Crippen LogP contribution in [0.4, 0.5) is 4.79 Å². The molecule has 28 heavy (non-hydrogen) atoms. The Bertz CT molecular complexity index is 746. The minimum atomic E-state index is -0.449. The molecule has 1 aromatic carbocycles. The Kier molecular flexibility index (Phi) is 6.68. The molecule has 0 spiro atoms. The van der Waals surface area contributed by atoms with Crippen LogP contribution in [0.15, 0.2) is 48.8 Å². The maximum atomic E-state index is 11.9. The van der Waals surface area contributed by atoms with E-state index in [0.29, 0.717) is 6.04 Å². The summed E-state index contributed by atoms with van der Waals surface area (Å²) in [5.41, 5.74) is 3.23. The Morgan fingerprint density at radius 2 is 1.54 bits per heavy atom. The highest BCUT2D eigenvalue weighted by Gasteiger charge is 2.24. The maximum Gasteiger partial charge on any atom is 0.407 e. The number of aromatic nitrogens is 1. The largest absolute Gasteiger partial charge is 0.444 e. The van der Waals surface area contributed by atoms with Gasteiger partial charge in [-0.3, -0.25) is 4.98 Å². The quantitative estimate of drug-likeness (QED) is 0.790. The van der Waals surface area contributed by atoms with E-state index in [1.807, 2.05) is 45.3 Å². The first-order valence-electron chi connectivity index (χ1n) is 10.1. The van der Waals surface area contributed by atoms with E-state index >= 15 is 0 Å². The molecule has 0 saturated heterocycles. The lowest BCUT2D eigenvalue weighted by Gasteiger charge is -2.30. The van der Waals surface area contributed by atoms with Crippen LogP contribution in [0.25, 0.3) is 11.1 Å². The summed E-state index contributed by atoms with van der Waals surface area (Å²) in [6.07, 6.45) is 7.43. The lowest BCUT2D eigenvalue weighted by atomic mass is 9.91. The van der Waals surface area contributed by atoms with Crippen molar-refractivity contribution >= 4 is 6.09 Å². The Hall–Kier alpha value is -2.40. The van der Waals surface area contributed by atoms with Crippen molar-refractivity contribution in [1.82, 2.24) is 15.6 Å². The molecule has 0 aliphatic heterocycles. The fraction of sp³-hybridized carbons (Fsp3) is 0.478. The third kappa shape index (κ3) is 6.34. The monoisotopic (exact) mass is 381 g/mol. The van der Waals surface area contributed by atoms with Crippen molar-refractivity contribution in [1.29, 1.82) is 0 Å². The zero-order valence-corrected chi connectivity index (χ0v) is 17.1. The first-order valence-corrected chi connectivity index (χ1v) is 10.1. The van der Waals surface area contributed by atoms with E-state index in [1.54, 1.807) is 0 Å². The van der Waals surface area contributed by atoms with Gasteiger partial charge in [0.15, 0.2) is 0 Å². The molecule has 2 N–H and O–H groups in total. The molecular weight excluding hydrogens is 350 g/mol. The summed E-state index contributed by atoms with van der Waals surface area (Å²) in [6, 6.07) is 13.4. The molecule has 1 fully saturated rings. The van der Waals surface area contributed by atoms with E-state index in [4.69, 9.17) is 4.74 Å². The van der Waals surface area contributed by atoms with Gasteiger partial charge in [0.25, 0.3) is 0 Å². The zero-order valence-electron chi connectivity index (χ0n) is 17.1. The van der Waals surface area contributed by atoms with E-state index in [2.05, 4.69) is 39.9 Å². The Balaban J connectivity index is 1.40. The van der Waals surface area contributed by atoms with E-state index in [-0.39, 0.29) is 12.1 Å². The minimum Gasteiger partial charge on any atom is -0.444 e. The van der Waals surface area contributed by atoms with Crippen LogP contribution in [-0.4, -0.2) is 28.8 Å². The van der Waals surface area contributed by atoms with Gasteiger partial charge in [0.2, 0.25) is 0 Å². The number of amides is 1. The van der Waals surface area contributed by atoms with Gasteiger partial charge < -0.3 is 15.4 Å². The summed E-state index contributed by atoms with van der Waals surface area (Å²) in [5.74, 6) is 0. The number of hydrogen-bond donors (Lipinski definition) is 2. The van der Waals surface area contributed by atoms with Crippen LogP contribution in [0.1, 0.15) is 52.0 Å². The number of carbonyl (C=O) groups excluding carboxylic acids is 1. The van der Waals surface area contributed by atoms with Crippen LogP contribution < -0.4 is 10.6 Å². The molecule has 1 amide bonds. The molecule has 3 rings (SSSR count). The summed E-state index contributed by atoms with van der Waals surface area (Å²) in [4.78, 5) is 16.0. The van der Waals surface area contributed by atoms with Crippen LogP contribution in [0.2, 0.25) is 0 Å². The number of pyridine rings is 1. The second-order valence-corrected chi connectivity index (χ2v) is 8.51. The molecule has 0 unspecified atom stereocenters. The average molecular weight is 382 g/mol. The Labute approximate surface area is 167 Å². The number of alkyl carbamates (subject to hydrolysis) is 1. The van der Waals surface area contributed by atoms with Gasteiger partial charge in [0.05, 0.1) is 0 Å². The number of benzene rings is 1. The SMILES string of the molecule is CC(C)(C)OC(=O)N[C@H]1CC[C@H](NCc2ccc(-c3ccncc3)cc2)CC1. The van der Waals surface area contributed by atoms with Gasteiger partial charge in [-0.1, -0.05) is 24.3 Å². The molecular formula is C23H31N3O2. The van der Waals surface area contributed by atoms with E-state index < -0.39 is 5.60 Å². The third-order valence-electron chi connectivity index (χ3n) is 5.01. The van der Waals surface area contributed by atoms with E-state index in [9.17, 15) is 4.79 Å². The van der Waals surface area contributed by atoms with Crippen molar-refractivity contribution in [3.05, 3.63) is 54.4 Å². The first-order chi connectivity index (χ1) is 13.4. The van der Waals surface area contributed by atoms with E-state index in [1.165, 1.54) is 16.7 Å². The molecule has 5 nitrogen and oxygen atoms in total. The highest BCUT2D eigenvalue weighted by molar-refractivity contribution is 5.68.